The summed E-state index contributed by atoms with van der Waals surface area (Å²) < 4.78 is 0. The maximum absolute atomic E-state index is 11.2. The Bertz CT molecular complexity index is 259. The van der Waals surface area contributed by atoms with E-state index < -0.39 is 0 Å². The number of carbonyl (C=O) groups is 2. The Balaban J connectivity index is 3.58. The standard InChI is InChI=1S/C9H16N4O2/c1-3-13(2)9(15)7-11-6-8(14)12-5-4-10/h11H,3,5-7H2,1-2H3,(H,12,14). The minimum atomic E-state index is -0.288. The Hall–Kier alpha value is -1.61. The molecule has 0 atom stereocenters. The summed E-state index contributed by atoms with van der Waals surface area (Å²) in [5.74, 6) is -0.353. The molecule has 0 spiro atoms. The minimum Gasteiger partial charge on any atom is -0.345 e. The molecule has 0 aliphatic carbocycles. The first-order valence-electron chi connectivity index (χ1n) is 4.70. The fourth-order valence-electron chi connectivity index (χ4n) is 0.795. The fourth-order valence-corrected chi connectivity index (χ4v) is 0.795. The highest BCUT2D eigenvalue weighted by Crippen LogP contribution is 1.80. The zero-order valence-corrected chi connectivity index (χ0v) is 9.04. The quantitative estimate of drug-likeness (QED) is 0.536. The van der Waals surface area contributed by atoms with Crippen molar-refractivity contribution in [3.05, 3.63) is 0 Å². The van der Waals surface area contributed by atoms with Crippen molar-refractivity contribution in [2.75, 3.05) is 33.2 Å². The maximum atomic E-state index is 11.2. The predicted octanol–water partition coefficient (Wildman–Crippen LogP) is -1.31. The van der Waals surface area contributed by atoms with E-state index in [-0.39, 0.29) is 31.4 Å². The van der Waals surface area contributed by atoms with Gasteiger partial charge in [0.25, 0.3) is 0 Å². The van der Waals surface area contributed by atoms with E-state index in [9.17, 15) is 9.59 Å². The van der Waals surface area contributed by atoms with E-state index in [0.29, 0.717) is 6.54 Å². The summed E-state index contributed by atoms with van der Waals surface area (Å²) in [5, 5.41) is 13.2. The van der Waals surface area contributed by atoms with Crippen LogP contribution in [0.1, 0.15) is 6.92 Å². The summed E-state index contributed by atoms with van der Waals surface area (Å²) in [6.45, 7) is 2.68. The van der Waals surface area contributed by atoms with Crippen LogP contribution < -0.4 is 10.6 Å². The second kappa shape index (κ2) is 7.76. The summed E-state index contributed by atoms with van der Waals surface area (Å²) in [4.78, 5) is 23.8. The lowest BCUT2D eigenvalue weighted by molar-refractivity contribution is -0.128. The van der Waals surface area contributed by atoms with Gasteiger partial charge in [0.1, 0.15) is 6.54 Å². The molecular formula is C9H16N4O2. The average Bonchev–Trinajstić information content (AvgIpc) is 2.24. The molecule has 0 aliphatic rings. The molecule has 6 heteroatoms. The van der Waals surface area contributed by atoms with Crippen LogP contribution in [0.2, 0.25) is 0 Å². The third kappa shape index (κ3) is 6.46. The Labute approximate surface area is 89.2 Å². The molecule has 6 nitrogen and oxygen atoms in total. The average molecular weight is 212 g/mol. The van der Waals surface area contributed by atoms with Crippen LogP contribution in [0, 0.1) is 11.3 Å². The van der Waals surface area contributed by atoms with E-state index >= 15 is 0 Å². The third-order valence-electron chi connectivity index (χ3n) is 1.83. The van der Waals surface area contributed by atoms with E-state index in [1.54, 1.807) is 18.0 Å². The second-order valence-corrected chi connectivity index (χ2v) is 2.95. The molecule has 0 aliphatic heterocycles. The van der Waals surface area contributed by atoms with Gasteiger partial charge in [-0.2, -0.15) is 5.26 Å². The molecule has 0 rings (SSSR count). The topological polar surface area (TPSA) is 85.2 Å². The van der Waals surface area contributed by atoms with Gasteiger partial charge in [0.15, 0.2) is 0 Å². The van der Waals surface area contributed by atoms with Gasteiger partial charge in [-0.1, -0.05) is 0 Å². The van der Waals surface area contributed by atoms with Crippen LogP contribution in [0.3, 0.4) is 0 Å². The molecule has 0 saturated carbocycles. The highest BCUT2D eigenvalue weighted by Gasteiger charge is 2.06. The maximum Gasteiger partial charge on any atom is 0.236 e. The Morgan fingerprint density at radius 1 is 1.40 bits per heavy atom. The van der Waals surface area contributed by atoms with Crippen molar-refractivity contribution in [2.45, 2.75) is 6.92 Å². The zero-order valence-electron chi connectivity index (χ0n) is 9.04. The lowest BCUT2D eigenvalue weighted by atomic mass is 10.4. The van der Waals surface area contributed by atoms with Crippen molar-refractivity contribution >= 4 is 11.8 Å². The molecule has 0 aromatic carbocycles. The highest BCUT2D eigenvalue weighted by molar-refractivity contribution is 5.81. The van der Waals surface area contributed by atoms with Gasteiger partial charge in [0.2, 0.25) is 11.8 Å². The number of hydrogen-bond acceptors (Lipinski definition) is 4. The normalized spacial score (nSPS) is 9.13. The van der Waals surface area contributed by atoms with Crippen LogP contribution in [0.25, 0.3) is 0 Å². The van der Waals surface area contributed by atoms with Crippen LogP contribution in [0.4, 0.5) is 0 Å². The van der Waals surface area contributed by atoms with Gasteiger partial charge in [0.05, 0.1) is 19.2 Å². The summed E-state index contributed by atoms with van der Waals surface area (Å²) in [5.41, 5.74) is 0. The number of amides is 2. The van der Waals surface area contributed by atoms with E-state index in [4.69, 9.17) is 5.26 Å². The third-order valence-corrected chi connectivity index (χ3v) is 1.83. The monoisotopic (exact) mass is 212 g/mol. The van der Waals surface area contributed by atoms with Crippen molar-refractivity contribution in [2.24, 2.45) is 0 Å². The van der Waals surface area contributed by atoms with Crippen LogP contribution in [-0.4, -0.2) is 49.9 Å². The van der Waals surface area contributed by atoms with Gasteiger partial charge in [0, 0.05) is 13.6 Å². The minimum absolute atomic E-state index is 0.0106. The Morgan fingerprint density at radius 2 is 2.07 bits per heavy atom. The Morgan fingerprint density at radius 3 is 2.60 bits per heavy atom. The van der Waals surface area contributed by atoms with Crippen molar-refractivity contribution in [3.63, 3.8) is 0 Å². The van der Waals surface area contributed by atoms with Gasteiger partial charge < -0.3 is 10.2 Å². The smallest absolute Gasteiger partial charge is 0.236 e. The van der Waals surface area contributed by atoms with E-state index in [1.165, 1.54) is 0 Å². The van der Waals surface area contributed by atoms with Gasteiger partial charge in [-0.3, -0.25) is 14.9 Å². The zero-order chi connectivity index (χ0) is 11.7. The SMILES string of the molecule is CCN(C)C(=O)CNCC(=O)NCC#N. The van der Waals surface area contributed by atoms with Crippen molar-refractivity contribution < 1.29 is 9.59 Å². The van der Waals surface area contributed by atoms with Crippen molar-refractivity contribution in [3.8, 4) is 6.07 Å². The van der Waals surface area contributed by atoms with Gasteiger partial charge in [-0.25, -0.2) is 0 Å². The molecule has 84 valence electrons. The first-order chi connectivity index (χ1) is 7.11. The van der Waals surface area contributed by atoms with E-state index in [1.807, 2.05) is 6.92 Å². The number of hydrogen-bond donors (Lipinski definition) is 2. The van der Waals surface area contributed by atoms with Gasteiger partial charge >= 0.3 is 0 Å². The molecular weight excluding hydrogens is 196 g/mol. The van der Waals surface area contributed by atoms with E-state index in [0.717, 1.165) is 0 Å². The van der Waals surface area contributed by atoms with Gasteiger partial charge in [-0.15, -0.1) is 0 Å². The molecule has 0 bridgehead atoms. The molecule has 2 amide bonds. The second-order valence-electron chi connectivity index (χ2n) is 2.95. The number of likely N-dealkylation sites (N-methyl/N-ethyl adjacent to an activating group) is 1. The van der Waals surface area contributed by atoms with Crippen LogP contribution in [0.5, 0.6) is 0 Å². The number of nitriles is 1. The molecule has 0 aromatic heterocycles. The first-order valence-corrected chi connectivity index (χ1v) is 4.70. The number of carbonyl (C=O) groups excluding carboxylic acids is 2. The molecule has 0 aromatic rings. The number of nitrogens with one attached hydrogen (secondary N) is 2. The molecule has 0 radical (unpaired) electrons. The summed E-state index contributed by atoms with van der Waals surface area (Å²) >= 11 is 0. The van der Waals surface area contributed by atoms with Crippen LogP contribution in [0.15, 0.2) is 0 Å². The summed E-state index contributed by atoms with van der Waals surface area (Å²) in [6.07, 6.45) is 0. The summed E-state index contributed by atoms with van der Waals surface area (Å²) in [7, 11) is 1.69. The van der Waals surface area contributed by atoms with Crippen LogP contribution in [-0.2, 0) is 9.59 Å². The van der Waals surface area contributed by atoms with Crippen molar-refractivity contribution in [1.82, 2.24) is 15.5 Å². The molecule has 0 fully saturated rings. The molecule has 2 N–H and O–H groups in total. The molecule has 0 unspecified atom stereocenters. The van der Waals surface area contributed by atoms with Gasteiger partial charge in [-0.05, 0) is 6.92 Å². The lowest BCUT2D eigenvalue weighted by Crippen LogP contribution is -2.40. The number of nitrogens with zero attached hydrogens (tertiary/aromatic N) is 2. The predicted molar refractivity (Wildman–Crippen MR) is 54.8 cm³/mol. The Kier molecular flexibility index (Phi) is 6.93. The first kappa shape index (κ1) is 13.4. The molecule has 0 saturated heterocycles. The van der Waals surface area contributed by atoms with E-state index in [2.05, 4.69) is 10.6 Å². The lowest BCUT2D eigenvalue weighted by Gasteiger charge is -2.14. The van der Waals surface area contributed by atoms with Crippen LogP contribution >= 0.6 is 0 Å². The molecule has 15 heavy (non-hydrogen) atoms. The fraction of sp³-hybridized carbons (Fsp3) is 0.667. The number of rotatable bonds is 6. The van der Waals surface area contributed by atoms with Crippen molar-refractivity contribution in [1.29, 1.82) is 5.26 Å². The largest absolute Gasteiger partial charge is 0.345 e. The molecule has 0 heterocycles. The highest BCUT2D eigenvalue weighted by atomic mass is 16.2. The summed E-state index contributed by atoms with van der Waals surface area (Å²) in [6, 6.07) is 1.79.